The number of carbonyl (C=O) groups excluding carboxylic acids is 2. The number of halogens is 1. The second-order valence-electron chi connectivity index (χ2n) is 8.10. The Balaban J connectivity index is 1.83. The Hall–Kier alpha value is -3.37. The van der Waals surface area contributed by atoms with E-state index in [0.717, 1.165) is 34.4 Å². The predicted octanol–water partition coefficient (Wildman–Crippen LogP) is 6.22. The van der Waals surface area contributed by atoms with Crippen LogP contribution in [0.1, 0.15) is 34.7 Å². The Morgan fingerprint density at radius 1 is 0.812 bits per heavy atom. The van der Waals surface area contributed by atoms with Crippen LogP contribution in [0.4, 0.5) is 11.4 Å². The van der Waals surface area contributed by atoms with Crippen LogP contribution in [0.15, 0.2) is 66.4 Å². The number of anilines is 2. The summed E-state index contributed by atoms with van der Waals surface area (Å²) < 4.78 is 0. The first-order valence-electron chi connectivity index (χ1n) is 10.6. The fourth-order valence-electron chi connectivity index (χ4n) is 3.83. The first kappa shape index (κ1) is 21.8. The van der Waals surface area contributed by atoms with Gasteiger partial charge in [-0.3, -0.25) is 9.59 Å². The maximum absolute atomic E-state index is 13.6. The summed E-state index contributed by atoms with van der Waals surface area (Å²) in [6.07, 6.45) is 0.886. The zero-order chi connectivity index (χ0) is 23.0. The highest BCUT2D eigenvalue weighted by molar-refractivity contribution is 6.46. The Kier molecular flexibility index (Phi) is 5.90. The molecule has 0 atom stereocenters. The van der Waals surface area contributed by atoms with Crippen LogP contribution >= 0.6 is 11.6 Å². The minimum atomic E-state index is -0.373. The minimum absolute atomic E-state index is 0.267. The Bertz CT molecular complexity index is 1260. The fraction of sp³-hybridized carbons (Fsp3) is 0.185. The van der Waals surface area contributed by atoms with Gasteiger partial charge in [0.2, 0.25) is 0 Å². The van der Waals surface area contributed by atoms with E-state index in [1.807, 2.05) is 75.4 Å². The zero-order valence-electron chi connectivity index (χ0n) is 18.6. The molecule has 3 aromatic rings. The quantitative estimate of drug-likeness (QED) is 0.475. The summed E-state index contributed by atoms with van der Waals surface area (Å²) in [5.41, 5.74) is 6.85. The number of imide groups is 1. The fourth-order valence-corrected chi connectivity index (χ4v) is 4.05. The Morgan fingerprint density at radius 2 is 1.53 bits per heavy atom. The Morgan fingerprint density at radius 3 is 2.16 bits per heavy atom. The summed E-state index contributed by atoms with van der Waals surface area (Å²) in [6, 6.07) is 18.8. The van der Waals surface area contributed by atoms with Gasteiger partial charge in [0.05, 0.1) is 11.3 Å². The van der Waals surface area contributed by atoms with Crippen LogP contribution in [0.25, 0.3) is 5.57 Å². The number of nitrogens with one attached hydrogen (secondary N) is 1. The monoisotopic (exact) mass is 444 g/mol. The third-order valence-corrected chi connectivity index (χ3v) is 6.17. The van der Waals surface area contributed by atoms with Crippen molar-refractivity contribution in [1.29, 1.82) is 0 Å². The summed E-state index contributed by atoms with van der Waals surface area (Å²) in [4.78, 5) is 28.4. The van der Waals surface area contributed by atoms with Crippen LogP contribution in [-0.4, -0.2) is 11.8 Å². The number of aryl methyl sites for hydroxylation is 4. The lowest BCUT2D eigenvalue weighted by Crippen LogP contribution is -2.32. The van der Waals surface area contributed by atoms with Gasteiger partial charge >= 0.3 is 0 Å². The molecular formula is C27H25ClN2O2. The molecule has 3 aromatic carbocycles. The number of amides is 2. The largest absolute Gasteiger partial charge is 0.350 e. The van der Waals surface area contributed by atoms with Gasteiger partial charge in [0.25, 0.3) is 11.8 Å². The van der Waals surface area contributed by atoms with Crippen molar-refractivity contribution in [3.8, 4) is 0 Å². The van der Waals surface area contributed by atoms with Gasteiger partial charge in [0.1, 0.15) is 5.70 Å². The lowest BCUT2D eigenvalue weighted by molar-refractivity contribution is -0.120. The molecule has 1 aliphatic rings. The van der Waals surface area contributed by atoms with Crippen LogP contribution in [0.5, 0.6) is 0 Å². The van der Waals surface area contributed by atoms with Gasteiger partial charge in [0, 0.05) is 10.7 Å². The summed E-state index contributed by atoms with van der Waals surface area (Å²) in [5.74, 6) is -0.710. The molecular weight excluding hydrogens is 420 g/mol. The van der Waals surface area contributed by atoms with Crippen molar-refractivity contribution >= 4 is 40.4 Å². The third kappa shape index (κ3) is 3.94. The third-order valence-electron chi connectivity index (χ3n) is 5.93. The van der Waals surface area contributed by atoms with E-state index in [2.05, 4.69) is 12.2 Å². The van der Waals surface area contributed by atoms with Crippen molar-refractivity contribution in [3.63, 3.8) is 0 Å². The molecule has 0 bridgehead atoms. The predicted molar refractivity (Wildman–Crippen MR) is 131 cm³/mol. The SMILES string of the molecule is CCc1ccc(N2C(=O)C(Nc3ccc(Cl)cc3C)=C(c3ccc(C)c(C)c3)C2=O)cc1. The molecule has 0 saturated carbocycles. The molecule has 4 nitrogen and oxygen atoms in total. The van der Waals surface area contributed by atoms with Gasteiger partial charge in [-0.05, 0) is 85.3 Å². The molecule has 0 unspecified atom stereocenters. The second-order valence-corrected chi connectivity index (χ2v) is 8.54. The molecule has 0 aromatic heterocycles. The van der Waals surface area contributed by atoms with E-state index in [4.69, 9.17) is 11.6 Å². The lowest BCUT2D eigenvalue weighted by atomic mass is 9.99. The molecule has 5 heteroatoms. The van der Waals surface area contributed by atoms with Crippen LogP contribution in [-0.2, 0) is 16.0 Å². The number of hydrogen-bond acceptors (Lipinski definition) is 3. The molecule has 0 spiro atoms. The Labute approximate surface area is 193 Å². The van der Waals surface area contributed by atoms with Crippen molar-refractivity contribution in [2.75, 3.05) is 10.2 Å². The van der Waals surface area contributed by atoms with E-state index in [1.165, 1.54) is 4.90 Å². The van der Waals surface area contributed by atoms with Gasteiger partial charge in [0.15, 0.2) is 0 Å². The van der Waals surface area contributed by atoms with Crippen LogP contribution in [0.3, 0.4) is 0 Å². The van der Waals surface area contributed by atoms with Gasteiger partial charge in [-0.15, -0.1) is 0 Å². The van der Waals surface area contributed by atoms with Crippen molar-refractivity contribution in [3.05, 3.63) is 99.2 Å². The number of carbonyl (C=O) groups is 2. The maximum atomic E-state index is 13.6. The first-order chi connectivity index (χ1) is 15.3. The van der Waals surface area contributed by atoms with Crippen LogP contribution in [0, 0.1) is 20.8 Å². The van der Waals surface area contributed by atoms with E-state index >= 15 is 0 Å². The number of benzene rings is 3. The summed E-state index contributed by atoms with van der Waals surface area (Å²) in [6.45, 7) is 8.00. The van der Waals surface area contributed by atoms with Crippen molar-refractivity contribution in [2.24, 2.45) is 0 Å². The van der Waals surface area contributed by atoms with Crippen molar-refractivity contribution < 1.29 is 9.59 Å². The van der Waals surface area contributed by atoms with Crippen molar-refractivity contribution in [1.82, 2.24) is 0 Å². The molecule has 1 heterocycles. The molecule has 0 saturated heterocycles. The van der Waals surface area contributed by atoms with E-state index < -0.39 is 0 Å². The summed E-state index contributed by atoms with van der Waals surface area (Å²) >= 11 is 6.10. The molecule has 0 aliphatic carbocycles. The lowest BCUT2D eigenvalue weighted by Gasteiger charge is -2.16. The summed E-state index contributed by atoms with van der Waals surface area (Å²) in [5, 5.41) is 3.84. The average molecular weight is 445 g/mol. The molecule has 2 amide bonds. The van der Waals surface area contributed by atoms with Crippen LogP contribution < -0.4 is 10.2 Å². The molecule has 1 N–H and O–H groups in total. The number of rotatable bonds is 5. The normalized spacial score (nSPS) is 13.8. The zero-order valence-corrected chi connectivity index (χ0v) is 19.4. The van der Waals surface area contributed by atoms with Crippen molar-refractivity contribution in [2.45, 2.75) is 34.1 Å². The summed E-state index contributed by atoms with van der Waals surface area (Å²) in [7, 11) is 0. The maximum Gasteiger partial charge on any atom is 0.282 e. The van der Waals surface area contributed by atoms with Gasteiger partial charge in [-0.25, -0.2) is 4.90 Å². The van der Waals surface area contributed by atoms with Gasteiger partial charge in [-0.2, -0.15) is 0 Å². The van der Waals surface area contributed by atoms with E-state index in [9.17, 15) is 9.59 Å². The first-order valence-corrected chi connectivity index (χ1v) is 11.0. The highest BCUT2D eigenvalue weighted by Gasteiger charge is 2.40. The van der Waals surface area contributed by atoms with Gasteiger partial charge in [-0.1, -0.05) is 48.9 Å². The smallest absolute Gasteiger partial charge is 0.282 e. The van der Waals surface area contributed by atoms with E-state index in [0.29, 0.717) is 21.8 Å². The molecule has 162 valence electrons. The number of nitrogens with zero attached hydrogens (tertiary/aromatic N) is 1. The molecule has 1 aliphatic heterocycles. The topological polar surface area (TPSA) is 49.4 Å². The van der Waals surface area contributed by atoms with Gasteiger partial charge < -0.3 is 5.32 Å². The highest BCUT2D eigenvalue weighted by Crippen LogP contribution is 2.35. The molecule has 32 heavy (non-hydrogen) atoms. The second kappa shape index (κ2) is 8.64. The van der Waals surface area contributed by atoms with Crippen LogP contribution in [0.2, 0.25) is 5.02 Å². The minimum Gasteiger partial charge on any atom is -0.350 e. The average Bonchev–Trinajstić information content (AvgIpc) is 3.01. The van der Waals surface area contributed by atoms with E-state index in [-0.39, 0.29) is 17.5 Å². The highest BCUT2D eigenvalue weighted by atomic mass is 35.5. The van der Waals surface area contributed by atoms with E-state index in [1.54, 1.807) is 6.07 Å². The number of hydrogen-bond donors (Lipinski definition) is 1. The molecule has 4 rings (SSSR count). The molecule has 0 fully saturated rings. The molecule has 0 radical (unpaired) electrons. The standard InChI is InChI=1S/C27H25ClN2O2/c1-5-19-7-11-22(12-8-19)30-26(31)24(20-9-6-16(2)17(3)14-20)25(27(30)32)29-23-13-10-21(28)15-18(23)4/h6-15,29H,5H2,1-4H3.